The Hall–Kier alpha value is -0.810. The van der Waals surface area contributed by atoms with Gasteiger partial charge in [-0.25, -0.2) is 0 Å². The second kappa shape index (κ2) is 6.57. The minimum atomic E-state index is -0.845. The first-order valence-electron chi connectivity index (χ1n) is 6.06. The molecule has 0 aromatic heterocycles. The van der Waals surface area contributed by atoms with Gasteiger partial charge in [0.25, 0.3) is 0 Å². The summed E-state index contributed by atoms with van der Waals surface area (Å²) in [4.78, 5) is 13.2. The van der Waals surface area contributed by atoms with Crippen LogP contribution in [0.3, 0.4) is 0 Å². The number of rotatable bonds is 4. The second-order valence-corrected chi connectivity index (χ2v) is 5.27. The molecule has 0 aliphatic carbocycles. The molecule has 1 heterocycles. The number of ether oxygens (including phenoxy) is 1. The van der Waals surface area contributed by atoms with Crippen molar-refractivity contribution in [3.8, 4) is 0 Å². The third-order valence-electron chi connectivity index (χ3n) is 3.18. The molecule has 0 amide bonds. The number of nitrogens with zero attached hydrogens (tertiary/aromatic N) is 1. The van der Waals surface area contributed by atoms with E-state index in [-0.39, 0.29) is 12.5 Å². The van der Waals surface area contributed by atoms with Crippen LogP contribution in [0.5, 0.6) is 0 Å². The highest BCUT2D eigenvalue weighted by molar-refractivity contribution is 6.35. The number of hydrogen-bond donors (Lipinski definition) is 1. The maximum atomic E-state index is 11.1. The van der Waals surface area contributed by atoms with Crippen LogP contribution in [0.15, 0.2) is 18.2 Å². The van der Waals surface area contributed by atoms with E-state index in [4.69, 9.17) is 33.0 Å². The Bertz CT molecular complexity index is 461. The van der Waals surface area contributed by atoms with Crippen molar-refractivity contribution in [2.24, 2.45) is 0 Å². The van der Waals surface area contributed by atoms with Gasteiger partial charge in [0.05, 0.1) is 19.6 Å². The van der Waals surface area contributed by atoms with Crippen molar-refractivity contribution in [1.82, 2.24) is 4.90 Å². The van der Waals surface area contributed by atoms with E-state index in [0.717, 1.165) is 5.56 Å². The maximum absolute atomic E-state index is 11.1. The van der Waals surface area contributed by atoms with Gasteiger partial charge in [0.1, 0.15) is 0 Å². The molecule has 19 heavy (non-hydrogen) atoms. The molecule has 1 aromatic carbocycles. The molecule has 1 aliphatic rings. The van der Waals surface area contributed by atoms with Crippen molar-refractivity contribution < 1.29 is 14.6 Å². The second-order valence-electron chi connectivity index (χ2n) is 4.43. The third kappa shape index (κ3) is 3.83. The van der Waals surface area contributed by atoms with Crippen LogP contribution in [0.4, 0.5) is 0 Å². The number of halogens is 2. The molecular weight excluding hydrogens is 289 g/mol. The SMILES string of the molecule is O=C(O)CC(c1ccc(Cl)cc1Cl)N1CCOCC1. The lowest BCUT2D eigenvalue weighted by Gasteiger charge is -2.34. The van der Waals surface area contributed by atoms with Crippen LogP contribution in [0.2, 0.25) is 10.0 Å². The molecule has 4 nitrogen and oxygen atoms in total. The lowest BCUT2D eigenvalue weighted by molar-refractivity contribution is -0.139. The first kappa shape index (κ1) is 14.6. The standard InChI is InChI=1S/C13H15Cl2NO3/c14-9-1-2-10(11(15)7-9)12(8-13(17)18)16-3-5-19-6-4-16/h1-2,7,12H,3-6,8H2,(H,17,18). The van der Waals surface area contributed by atoms with Crippen molar-refractivity contribution >= 4 is 29.2 Å². The van der Waals surface area contributed by atoms with Crippen molar-refractivity contribution in [3.63, 3.8) is 0 Å². The molecule has 0 bridgehead atoms. The molecule has 0 saturated carbocycles. The Morgan fingerprint density at radius 3 is 2.63 bits per heavy atom. The quantitative estimate of drug-likeness (QED) is 0.929. The van der Waals surface area contributed by atoms with Gasteiger partial charge in [0, 0.05) is 29.2 Å². The lowest BCUT2D eigenvalue weighted by atomic mass is 10.0. The summed E-state index contributed by atoms with van der Waals surface area (Å²) in [7, 11) is 0. The summed E-state index contributed by atoms with van der Waals surface area (Å²) in [6.07, 6.45) is 0.0152. The number of morpholine rings is 1. The van der Waals surface area contributed by atoms with Crippen molar-refractivity contribution in [2.45, 2.75) is 12.5 Å². The summed E-state index contributed by atoms with van der Waals surface area (Å²) in [5, 5.41) is 10.1. The first-order chi connectivity index (χ1) is 9.08. The Labute approximate surface area is 121 Å². The van der Waals surface area contributed by atoms with Crippen LogP contribution in [0, 0.1) is 0 Å². The smallest absolute Gasteiger partial charge is 0.305 e. The fraction of sp³-hybridized carbons (Fsp3) is 0.462. The normalized spacial score (nSPS) is 18.2. The zero-order valence-electron chi connectivity index (χ0n) is 10.3. The van der Waals surface area contributed by atoms with E-state index in [0.29, 0.717) is 36.3 Å². The van der Waals surface area contributed by atoms with E-state index in [1.807, 2.05) is 0 Å². The van der Waals surface area contributed by atoms with Crippen LogP contribution in [0.1, 0.15) is 18.0 Å². The summed E-state index contributed by atoms with van der Waals surface area (Å²) in [5.41, 5.74) is 0.801. The van der Waals surface area contributed by atoms with E-state index < -0.39 is 5.97 Å². The summed E-state index contributed by atoms with van der Waals surface area (Å²) in [5.74, 6) is -0.845. The van der Waals surface area contributed by atoms with Crippen LogP contribution < -0.4 is 0 Å². The number of aliphatic carboxylic acids is 1. The van der Waals surface area contributed by atoms with E-state index in [9.17, 15) is 4.79 Å². The molecular formula is C13H15Cl2NO3. The fourth-order valence-corrected chi connectivity index (χ4v) is 2.80. The van der Waals surface area contributed by atoms with Gasteiger partial charge in [-0.1, -0.05) is 29.3 Å². The highest BCUT2D eigenvalue weighted by Crippen LogP contribution is 2.32. The fourth-order valence-electron chi connectivity index (χ4n) is 2.26. The molecule has 0 spiro atoms. The number of hydrogen-bond acceptors (Lipinski definition) is 3. The Morgan fingerprint density at radius 2 is 2.05 bits per heavy atom. The number of benzene rings is 1. The summed E-state index contributed by atoms with van der Waals surface area (Å²) >= 11 is 12.1. The highest BCUT2D eigenvalue weighted by Gasteiger charge is 2.26. The first-order valence-corrected chi connectivity index (χ1v) is 6.82. The lowest BCUT2D eigenvalue weighted by Crippen LogP contribution is -2.40. The highest BCUT2D eigenvalue weighted by atomic mass is 35.5. The molecule has 104 valence electrons. The summed E-state index contributed by atoms with van der Waals surface area (Å²) in [6, 6.07) is 4.94. The predicted octanol–water partition coefficient (Wildman–Crippen LogP) is 2.84. The molecule has 1 fully saturated rings. The van der Waals surface area contributed by atoms with Crippen LogP contribution in [-0.2, 0) is 9.53 Å². The van der Waals surface area contributed by atoms with Crippen LogP contribution in [-0.4, -0.2) is 42.3 Å². The van der Waals surface area contributed by atoms with Crippen LogP contribution >= 0.6 is 23.2 Å². The zero-order valence-corrected chi connectivity index (χ0v) is 11.8. The van der Waals surface area contributed by atoms with Gasteiger partial charge in [-0.2, -0.15) is 0 Å². The predicted molar refractivity (Wildman–Crippen MR) is 73.8 cm³/mol. The summed E-state index contributed by atoms with van der Waals surface area (Å²) in [6.45, 7) is 2.64. The van der Waals surface area contributed by atoms with Crippen LogP contribution in [0.25, 0.3) is 0 Å². The molecule has 1 saturated heterocycles. The van der Waals surface area contributed by atoms with Gasteiger partial charge in [0.2, 0.25) is 0 Å². The summed E-state index contributed by atoms with van der Waals surface area (Å²) < 4.78 is 5.30. The molecule has 1 atom stereocenters. The molecule has 0 radical (unpaired) electrons. The average Bonchev–Trinajstić information content (AvgIpc) is 2.37. The van der Waals surface area contributed by atoms with E-state index in [1.165, 1.54) is 0 Å². The third-order valence-corrected chi connectivity index (χ3v) is 3.74. The minimum Gasteiger partial charge on any atom is -0.481 e. The molecule has 1 aliphatic heterocycles. The number of carbonyl (C=O) groups is 1. The monoisotopic (exact) mass is 303 g/mol. The minimum absolute atomic E-state index is 0.0152. The largest absolute Gasteiger partial charge is 0.481 e. The van der Waals surface area contributed by atoms with Crippen molar-refractivity contribution in [1.29, 1.82) is 0 Å². The van der Waals surface area contributed by atoms with E-state index >= 15 is 0 Å². The van der Waals surface area contributed by atoms with Crippen molar-refractivity contribution in [2.75, 3.05) is 26.3 Å². The molecule has 2 rings (SSSR count). The van der Waals surface area contributed by atoms with Gasteiger partial charge < -0.3 is 9.84 Å². The van der Waals surface area contributed by atoms with E-state index in [2.05, 4.69) is 4.90 Å². The molecule has 1 N–H and O–H groups in total. The molecule has 1 aromatic rings. The maximum Gasteiger partial charge on any atom is 0.305 e. The van der Waals surface area contributed by atoms with Gasteiger partial charge in [-0.15, -0.1) is 0 Å². The Morgan fingerprint density at radius 1 is 1.37 bits per heavy atom. The Balaban J connectivity index is 2.27. The van der Waals surface area contributed by atoms with E-state index in [1.54, 1.807) is 18.2 Å². The topological polar surface area (TPSA) is 49.8 Å². The van der Waals surface area contributed by atoms with Gasteiger partial charge in [-0.05, 0) is 17.7 Å². The van der Waals surface area contributed by atoms with Gasteiger partial charge in [-0.3, -0.25) is 9.69 Å². The average molecular weight is 304 g/mol. The Kier molecular flexibility index (Phi) is 5.05. The van der Waals surface area contributed by atoms with Gasteiger partial charge in [0.15, 0.2) is 0 Å². The molecule has 6 heteroatoms. The molecule has 1 unspecified atom stereocenters. The number of carboxylic acid groups (broad SMARTS) is 1. The van der Waals surface area contributed by atoms with Crippen molar-refractivity contribution in [3.05, 3.63) is 33.8 Å². The number of carboxylic acids is 1. The zero-order chi connectivity index (χ0) is 13.8. The van der Waals surface area contributed by atoms with Gasteiger partial charge >= 0.3 is 5.97 Å².